The van der Waals surface area contributed by atoms with E-state index in [1.807, 2.05) is 0 Å². The molecule has 0 amide bonds. The zero-order chi connectivity index (χ0) is 32.1. The molecule has 3 atom stereocenters. The lowest BCUT2D eigenvalue weighted by molar-refractivity contribution is -0.0875. The maximum absolute atomic E-state index is 10.7. The van der Waals surface area contributed by atoms with Gasteiger partial charge in [-0.05, 0) is 143 Å². The third-order valence-corrected chi connectivity index (χ3v) is 14.1. The lowest BCUT2D eigenvalue weighted by Crippen LogP contribution is -2.40. The van der Waals surface area contributed by atoms with Gasteiger partial charge in [-0.25, -0.2) is 0 Å². The molecule has 0 spiro atoms. The molecule has 3 unspecified atom stereocenters. The molecule has 46 heavy (non-hydrogen) atoms. The van der Waals surface area contributed by atoms with Gasteiger partial charge < -0.3 is 33.5 Å². The van der Waals surface area contributed by atoms with E-state index in [-0.39, 0.29) is 12.2 Å². The first-order valence-electron chi connectivity index (χ1n) is 19.5. The van der Waals surface area contributed by atoms with E-state index in [2.05, 4.69) is 27.7 Å². The topological polar surface area (TPSA) is 78.9 Å². The minimum Gasteiger partial charge on any atom is -0.388 e. The molecule has 2 heterocycles. The van der Waals surface area contributed by atoms with Crippen LogP contribution in [0.15, 0.2) is 0 Å². The maximum atomic E-state index is 10.7. The molecular formula is C39H68O7. The molecular weight excluding hydrogens is 580 g/mol. The summed E-state index contributed by atoms with van der Waals surface area (Å²) in [4.78, 5) is 0. The highest BCUT2D eigenvalue weighted by atomic mass is 16.7. The highest BCUT2D eigenvalue weighted by molar-refractivity contribution is 4.93. The Bertz CT molecular complexity index is 882. The molecule has 266 valence electrons. The van der Waals surface area contributed by atoms with Crippen LogP contribution in [0.2, 0.25) is 0 Å². The fourth-order valence-electron chi connectivity index (χ4n) is 10.4. The molecule has 6 aliphatic rings. The molecule has 6 rings (SSSR count). The van der Waals surface area contributed by atoms with Crippen LogP contribution in [0.3, 0.4) is 0 Å². The lowest BCUT2D eigenvalue weighted by Gasteiger charge is -2.47. The predicted molar refractivity (Wildman–Crippen MR) is 180 cm³/mol. The minimum absolute atomic E-state index is 0.280. The van der Waals surface area contributed by atoms with Crippen LogP contribution in [0.5, 0.6) is 0 Å². The summed E-state index contributed by atoms with van der Waals surface area (Å²) >= 11 is 0. The highest BCUT2D eigenvalue weighted by Crippen LogP contribution is 2.51. The molecule has 0 aromatic rings. The Morgan fingerprint density at radius 1 is 0.565 bits per heavy atom. The molecule has 4 aliphatic carbocycles. The van der Waals surface area contributed by atoms with Gasteiger partial charge in [-0.3, -0.25) is 0 Å². The molecule has 7 heteroatoms. The second-order valence-corrected chi connectivity index (χ2v) is 17.5. The Kier molecular flexibility index (Phi) is 12.5. The Hall–Kier alpha value is -0.280. The molecule has 2 aliphatic heterocycles. The van der Waals surface area contributed by atoms with Gasteiger partial charge in [0.25, 0.3) is 0 Å². The van der Waals surface area contributed by atoms with E-state index in [9.17, 15) is 5.11 Å². The van der Waals surface area contributed by atoms with Crippen molar-refractivity contribution in [2.24, 2.45) is 40.4 Å². The SMILES string of the molecule is CC(C)(C1CCC(OCC(O)COC2CCC(C(C)(C)C3CCC(C4COCO4)CC3)CC2)CC1)C1CCC(OCC2CO2)CC1. The second-order valence-electron chi connectivity index (χ2n) is 17.5. The summed E-state index contributed by atoms with van der Waals surface area (Å²) in [6.45, 7) is 13.9. The van der Waals surface area contributed by atoms with Crippen molar-refractivity contribution in [3.8, 4) is 0 Å². The summed E-state index contributed by atoms with van der Waals surface area (Å²) in [6, 6.07) is 0. The van der Waals surface area contributed by atoms with E-state index in [0.29, 0.717) is 55.1 Å². The number of aliphatic hydroxyl groups excluding tert-OH is 1. The summed E-state index contributed by atoms with van der Waals surface area (Å²) in [7, 11) is 0. The number of aliphatic hydroxyl groups is 1. The van der Waals surface area contributed by atoms with Crippen molar-refractivity contribution in [3.05, 3.63) is 0 Å². The van der Waals surface area contributed by atoms with Crippen LogP contribution in [0.4, 0.5) is 0 Å². The molecule has 1 N–H and O–H groups in total. The first-order valence-corrected chi connectivity index (χ1v) is 19.5. The van der Waals surface area contributed by atoms with Gasteiger partial charge in [0, 0.05) is 0 Å². The van der Waals surface area contributed by atoms with Gasteiger partial charge in [0.15, 0.2) is 0 Å². The van der Waals surface area contributed by atoms with E-state index in [1.165, 1.54) is 77.0 Å². The Morgan fingerprint density at radius 2 is 0.978 bits per heavy atom. The van der Waals surface area contributed by atoms with E-state index >= 15 is 0 Å². The highest BCUT2D eigenvalue weighted by Gasteiger charge is 2.43. The van der Waals surface area contributed by atoms with Crippen LogP contribution in [-0.2, 0) is 28.4 Å². The van der Waals surface area contributed by atoms with Crippen molar-refractivity contribution >= 4 is 0 Å². The summed E-state index contributed by atoms with van der Waals surface area (Å²) in [5.41, 5.74) is 0.751. The molecule has 0 aromatic heterocycles. The zero-order valence-corrected chi connectivity index (χ0v) is 29.8. The average Bonchev–Trinajstić information content (AvgIpc) is 3.76. The molecule has 2 saturated heterocycles. The number of epoxide rings is 1. The first-order chi connectivity index (χ1) is 22.2. The van der Waals surface area contributed by atoms with Crippen LogP contribution in [0.25, 0.3) is 0 Å². The first kappa shape index (κ1) is 35.5. The van der Waals surface area contributed by atoms with E-state index in [1.54, 1.807) is 0 Å². The summed E-state index contributed by atoms with van der Waals surface area (Å²) in [6.07, 6.45) is 20.8. The molecule has 4 saturated carbocycles. The van der Waals surface area contributed by atoms with Crippen molar-refractivity contribution in [1.82, 2.24) is 0 Å². The smallest absolute Gasteiger partial charge is 0.147 e. The van der Waals surface area contributed by atoms with Crippen molar-refractivity contribution in [3.63, 3.8) is 0 Å². The number of hydrogen-bond acceptors (Lipinski definition) is 7. The fourth-order valence-corrected chi connectivity index (χ4v) is 10.4. The van der Waals surface area contributed by atoms with Gasteiger partial charge in [0.1, 0.15) is 19.0 Å². The van der Waals surface area contributed by atoms with Gasteiger partial charge in [-0.2, -0.15) is 0 Å². The van der Waals surface area contributed by atoms with Crippen molar-refractivity contribution in [2.45, 2.75) is 167 Å². The quantitative estimate of drug-likeness (QED) is 0.193. The molecule has 0 radical (unpaired) electrons. The Balaban J connectivity index is 0.822. The van der Waals surface area contributed by atoms with Crippen molar-refractivity contribution in [2.75, 3.05) is 39.8 Å². The summed E-state index contributed by atoms with van der Waals surface area (Å²) in [5, 5.41) is 10.7. The number of rotatable bonds is 14. The third-order valence-electron chi connectivity index (χ3n) is 14.1. The normalized spacial score (nSPS) is 40.1. The largest absolute Gasteiger partial charge is 0.388 e. The van der Waals surface area contributed by atoms with Gasteiger partial charge in [-0.15, -0.1) is 0 Å². The standard InChI is InChI=1S/C39H68O7/c1-38(2,28-7-5-27(6-8-28)37-25-41-26-46-37)29-9-15-33(16-10-29)42-21-32(40)22-43-34-17-11-30(12-18-34)39(3,4)31-13-19-35(20-14-31)44-23-36-24-45-36/h27-37,40H,5-26H2,1-4H3. The number of hydrogen-bond donors (Lipinski definition) is 1. The summed E-state index contributed by atoms with van der Waals surface area (Å²) in [5.74, 6) is 3.82. The fraction of sp³-hybridized carbons (Fsp3) is 1.00. The monoisotopic (exact) mass is 648 g/mol. The minimum atomic E-state index is -0.531. The maximum Gasteiger partial charge on any atom is 0.147 e. The van der Waals surface area contributed by atoms with Crippen LogP contribution >= 0.6 is 0 Å². The van der Waals surface area contributed by atoms with Crippen LogP contribution in [0, 0.1) is 40.4 Å². The Morgan fingerprint density at radius 3 is 1.37 bits per heavy atom. The number of ether oxygens (including phenoxy) is 6. The van der Waals surface area contributed by atoms with Gasteiger partial charge >= 0.3 is 0 Å². The van der Waals surface area contributed by atoms with Gasteiger partial charge in [-0.1, -0.05) is 27.7 Å². The molecule has 0 bridgehead atoms. The molecule has 7 nitrogen and oxygen atoms in total. The lowest BCUT2D eigenvalue weighted by atomic mass is 9.59. The second kappa shape index (κ2) is 16.2. The molecule has 0 aromatic carbocycles. The van der Waals surface area contributed by atoms with E-state index in [4.69, 9.17) is 28.4 Å². The van der Waals surface area contributed by atoms with Gasteiger partial charge in [0.05, 0.1) is 57.5 Å². The van der Waals surface area contributed by atoms with E-state index in [0.717, 1.165) is 69.2 Å². The van der Waals surface area contributed by atoms with Gasteiger partial charge in [0.2, 0.25) is 0 Å². The summed E-state index contributed by atoms with van der Waals surface area (Å²) < 4.78 is 35.2. The predicted octanol–water partition coefficient (Wildman–Crippen LogP) is 7.70. The van der Waals surface area contributed by atoms with E-state index < -0.39 is 6.10 Å². The van der Waals surface area contributed by atoms with Crippen LogP contribution < -0.4 is 0 Å². The molecule has 6 fully saturated rings. The Labute approximate surface area is 280 Å². The average molecular weight is 649 g/mol. The van der Waals surface area contributed by atoms with Crippen LogP contribution in [-0.4, -0.2) is 81.6 Å². The third kappa shape index (κ3) is 9.28. The van der Waals surface area contributed by atoms with Crippen molar-refractivity contribution in [1.29, 1.82) is 0 Å². The van der Waals surface area contributed by atoms with Crippen molar-refractivity contribution < 1.29 is 33.5 Å². The van der Waals surface area contributed by atoms with Crippen LogP contribution in [0.1, 0.15) is 130 Å². The zero-order valence-electron chi connectivity index (χ0n) is 29.8.